The lowest BCUT2D eigenvalue weighted by Gasteiger charge is -2.18. The largest absolute Gasteiger partial charge is 0.383 e. The summed E-state index contributed by atoms with van der Waals surface area (Å²) in [5, 5.41) is 2.86. The first-order valence-corrected chi connectivity index (χ1v) is 8.82. The number of benzene rings is 2. The van der Waals surface area contributed by atoms with E-state index in [2.05, 4.69) is 5.32 Å². The highest BCUT2D eigenvalue weighted by atomic mass is 16.2. The molecule has 1 atom stereocenters. The average Bonchev–Trinajstić information content (AvgIpc) is 2.66. The molecule has 26 heavy (non-hydrogen) atoms. The molecule has 1 amide bonds. The third-order valence-electron chi connectivity index (χ3n) is 4.12. The van der Waals surface area contributed by atoms with E-state index in [-0.39, 0.29) is 23.2 Å². The molecule has 136 valence electrons. The molecule has 2 rings (SSSR count). The smallest absolute Gasteiger partial charge is 0.256 e. The van der Waals surface area contributed by atoms with Crippen LogP contribution in [0.3, 0.4) is 0 Å². The molecular weight excluding hydrogens is 324 g/mol. The number of nitrogens with zero attached hydrogens (tertiary/aromatic N) is 1. The molecule has 0 saturated carbocycles. The average molecular weight is 350 g/mol. The third kappa shape index (κ3) is 5.31. The Hall–Kier alpha value is -2.88. The molecule has 4 nitrogen and oxygen atoms in total. The van der Waals surface area contributed by atoms with Gasteiger partial charge in [0.05, 0.1) is 5.57 Å². The van der Waals surface area contributed by atoms with E-state index in [1.807, 2.05) is 67.6 Å². The van der Waals surface area contributed by atoms with Crippen LogP contribution >= 0.6 is 0 Å². The fourth-order valence-corrected chi connectivity index (χ4v) is 2.81. The summed E-state index contributed by atoms with van der Waals surface area (Å²) in [4.78, 5) is 27.6. The van der Waals surface area contributed by atoms with Crippen molar-refractivity contribution in [3.05, 3.63) is 83.6 Å². The molecule has 0 heterocycles. The summed E-state index contributed by atoms with van der Waals surface area (Å²) in [5.74, 6) is -0.829. The highest BCUT2D eigenvalue weighted by Crippen LogP contribution is 2.24. The number of amides is 1. The Kier molecular flexibility index (Phi) is 7.15. The summed E-state index contributed by atoms with van der Waals surface area (Å²) in [5.41, 5.74) is 2.11. The molecule has 0 aliphatic carbocycles. The molecule has 0 radical (unpaired) electrons. The predicted octanol–water partition coefficient (Wildman–Crippen LogP) is 3.51. The molecule has 2 aromatic rings. The number of rotatable bonds is 8. The Labute approximate surface area is 155 Å². The SMILES string of the molecule is CCC(C(=O)/C(=C/N(C)C)C(=O)NCc1ccccc1)c1ccccc1. The number of carbonyl (C=O) groups is 2. The minimum absolute atomic E-state index is 0.155. The number of nitrogens with one attached hydrogen (secondary N) is 1. The molecular formula is C22H26N2O2. The number of ketones is 1. The zero-order valence-electron chi connectivity index (χ0n) is 15.6. The summed E-state index contributed by atoms with van der Waals surface area (Å²) in [7, 11) is 3.61. The van der Waals surface area contributed by atoms with Crippen LogP contribution in [-0.2, 0) is 16.1 Å². The van der Waals surface area contributed by atoms with E-state index in [0.29, 0.717) is 13.0 Å². The van der Waals surface area contributed by atoms with Crippen molar-refractivity contribution in [3.8, 4) is 0 Å². The first-order chi connectivity index (χ1) is 12.5. The maximum atomic E-state index is 13.1. The molecule has 0 saturated heterocycles. The maximum absolute atomic E-state index is 13.1. The Bertz CT molecular complexity index is 752. The molecule has 2 aromatic carbocycles. The van der Waals surface area contributed by atoms with Gasteiger partial charge in [-0.3, -0.25) is 9.59 Å². The lowest BCUT2D eigenvalue weighted by atomic mass is 9.88. The fourth-order valence-electron chi connectivity index (χ4n) is 2.81. The lowest BCUT2D eigenvalue weighted by Crippen LogP contribution is -2.31. The molecule has 0 aromatic heterocycles. The zero-order chi connectivity index (χ0) is 18.9. The summed E-state index contributed by atoms with van der Waals surface area (Å²) < 4.78 is 0. The van der Waals surface area contributed by atoms with Gasteiger partial charge in [-0.15, -0.1) is 0 Å². The van der Waals surface area contributed by atoms with Crippen LogP contribution in [0.4, 0.5) is 0 Å². The summed E-state index contributed by atoms with van der Waals surface area (Å²) >= 11 is 0. The second-order valence-electron chi connectivity index (χ2n) is 6.41. The number of carbonyl (C=O) groups excluding carboxylic acids is 2. The molecule has 1 unspecified atom stereocenters. The van der Waals surface area contributed by atoms with Gasteiger partial charge in [0.2, 0.25) is 0 Å². The zero-order valence-corrected chi connectivity index (χ0v) is 15.6. The Balaban J connectivity index is 2.20. The predicted molar refractivity (Wildman–Crippen MR) is 105 cm³/mol. The second-order valence-corrected chi connectivity index (χ2v) is 6.41. The van der Waals surface area contributed by atoms with E-state index in [1.54, 1.807) is 25.2 Å². The quantitative estimate of drug-likeness (QED) is 0.450. The second kappa shape index (κ2) is 9.56. The number of hydrogen-bond acceptors (Lipinski definition) is 3. The van der Waals surface area contributed by atoms with Crippen LogP contribution in [0.25, 0.3) is 0 Å². The molecule has 0 spiro atoms. The van der Waals surface area contributed by atoms with Crippen molar-refractivity contribution in [3.63, 3.8) is 0 Å². The standard InChI is InChI=1S/C22H26N2O2/c1-4-19(18-13-9-6-10-14-18)21(25)20(16-24(2)3)22(26)23-15-17-11-7-5-8-12-17/h5-14,16,19H,4,15H2,1-3H3,(H,23,26)/b20-16-. The molecule has 1 N–H and O–H groups in total. The summed E-state index contributed by atoms with van der Waals surface area (Å²) in [6.07, 6.45) is 2.24. The Morgan fingerprint density at radius 3 is 2.12 bits per heavy atom. The highest BCUT2D eigenvalue weighted by Gasteiger charge is 2.26. The van der Waals surface area contributed by atoms with E-state index in [4.69, 9.17) is 0 Å². The van der Waals surface area contributed by atoms with E-state index < -0.39 is 0 Å². The van der Waals surface area contributed by atoms with Gasteiger partial charge in [0.25, 0.3) is 5.91 Å². The monoisotopic (exact) mass is 350 g/mol. The minimum Gasteiger partial charge on any atom is -0.383 e. The Morgan fingerprint density at radius 2 is 1.58 bits per heavy atom. The molecule has 0 aliphatic heterocycles. The molecule has 0 bridgehead atoms. The van der Waals surface area contributed by atoms with Gasteiger partial charge in [0.15, 0.2) is 5.78 Å². The number of Topliss-reactive ketones (excluding diaryl/α,β-unsaturated/α-hetero) is 1. The van der Waals surface area contributed by atoms with E-state index in [9.17, 15) is 9.59 Å². The van der Waals surface area contributed by atoms with Crippen molar-refractivity contribution in [1.82, 2.24) is 10.2 Å². The third-order valence-corrected chi connectivity index (χ3v) is 4.12. The number of hydrogen-bond donors (Lipinski definition) is 1. The van der Waals surface area contributed by atoms with Gasteiger partial charge in [-0.05, 0) is 17.5 Å². The molecule has 4 heteroatoms. The van der Waals surface area contributed by atoms with E-state index in [0.717, 1.165) is 11.1 Å². The fraction of sp³-hybridized carbons (Fsp3) is 0.273. The van der Waals surface area contributed by atoms with Crippen molar-refractivity contribution in [1.29, 1.82) is 0 Å². The normalized spacial score (nSPS) is 12.3. The van der Waals surface area contributed by atoms with Gasteiger partial charge in [-0.2, -0.15) is 0 Å². The van der Waals surface area contributed by atoms with Gasteiger partial charge in [0, 0.05) is 32.8 Å². The van der Waals surface area contributed by atoms with Crippen molar-refractivity contribution in [2.45, 2.75) is 25.8 Å². The first-order valence-electron chi connectivity index (χ1n) is 8.82. The van der Waals surface area contributed by atoms with Crippen molar-refractivity contribution < 1.29 is 9.59 Å². The Morgan fingerprint density at radius 1 is 1.00 bits per heavy atom. The minimum atomic E-state index is -0.345. The van der Waals surface area contributed by atoms with E-state index in [1.165, 1.54) is 0 Å². The van der Waals surface area contributed by atoms with E-state index >= 15 is 0 Å². The van der Waals surface area contributed by atoms with Crippen LogP contribution in [0.5, 0.6) is 0 Å². The van der Waals surface area contributed by atoms with Crippen LogP contribution in [0.2, 0.25) is 0 Å². The molecule has 0 aliphatic rings. The van der Waals surface area contributed by atoms with Crippen molar-refractivity contribution in [2.24, 2.45) is 0 Å². The molecule has 0 fully saturated rings. The maximum Gasteiger partial charge on any atom is 0.256 e. The van der Waals surface area contributed by atoms with Crippen LogP contribution in [0.15, 0.2) is 72.4 Å². The van der Waals surface area contributed by atoms with Gasteiger partial charge in [-0.1, -0.05) is 67.6 Å². The summed E-state index contributed by atoms with van der Waals surface area (Å²) in [6.45, 7) is 2.35. The van der Waals surface area contributed by atoms with Crippen LogP contribution in [0, 0.1) is 0 Å². The van der Waals surface area contributed by atoms with Crippen molar-refractivity contribution in [2.75, 3.05) is 14.1 Å². The van der Waals surface area contributed by atoms with Gasteiger partial charge >= 0.3 is 0 Å². The van der Waals surface area contributed by atoms with Crippen LogP contribution in [-0.4, -0.2) is 30.7 Å². The summed E-state index contributed by atoms with van der Waals surface area (Å²) in [6, 6.07) is 19.3. The van der Waals surface area contributed by atoms with Crippen molar-refractivity contribution >= 4 is 11.7 Å². The van der Waals surface area contributed by atoms with Crippen LogP contribution in [0.1, 0.15) is 30.4 Å². The van der Waals surface area contributed by atoms with Gasteiger partial charge in [-0.25, -0.2) is 0 Å². The van der Waals surface area contributed by atoms with Crippen LogP contribution < -0.4 is 5.32 Å². The van der Waals surface area contributed by atoms with Gasteiger partial charge < -0.3 is 10.2 Å². The highest BCUT2D eigenvalue weighted by molar-refractivity contribution is 6.21. The lowest BCUT2D eigenvalue weighted by molar-refractivity contribution is -0.123. The topological polar surface area (TPSA) is 49.4 Å². The van der Waals surface area contributed by atoms with Gasteiger partial charge in [0.1, 0.15) is 0 Å². The first kappa shape index (κ1) is 19.4.